The van der Waals surface area contributed by atoms with Crippen LogP contribution in [0.15, 0.2) is 0 Å². The standard InChI is InChI=1S/C11H21N3O2/c12-13-11(15)5-2-6-14-7-8-16-10-4-1-3-9(10)14/h9-10H,1-8,12H2,(H,13,15). The lowest BCUT2D eigenvalue weighted by Crippen LogP contribution is -2.48. The maximum Gasteiger partial charge on any atom is 0.233 e. The molecule has 3 N–H and O–H groups in total. The lowest BCUT2D eigenvalue weighted by atomic mass is 10.1. The smallest absolute Gasteiger partial charge is 0.233 e. The molecular weight excluding hydrogens is 206 g/mol. The molecule has 0 radical (unpaired) electrons. The number of amides is 1. The van der Waals surface area contributed by atoms with Gasteiger partial charge in [0.15, 0.2) is 0 Å². The van der Waals surface area contributed by atoms with Crippen LogP contribution in [0, 0.1) is 0 Å². The van der Waals surface area contributed by atoms with Crippen molar-refractivity contribution in [2.45, 2.75) is 44.2 Å². The molecule has 16 heavy (non-hydrogen) atoms. The van der Waals surface area contributed by atoms with Gasteiger partial charge in [-0.1, -0.05) is 0 Å². The average Bonchev–Trinajstić information content (AvgIpc) is 2.77. The minimum absolute atomic E-state index is 0.0729. The van der Waals surface area contributed by atoms with E-state index in [9.17, 15) is 4.79 Å². The SMILES string of the molecule is NNC(=O)CCCN1CCOC2CCCC21. The number of morpholine rings is 1. The number of nitrogens with zero attached hydrogens (tertiary/aromatic N) is 1. The van der Waals surface area contributed by atoms with Gasteiger partial charge in [0.05, 0.1) is 12.7 Å². The highest BCUT2D eigenvalue weighted by molar-refractivity contribution is 5.75. The van der Waals surface area contributed by atoms with Crippen molar-refractivity contribution in [3.05, 3.63) is 0 Å². The first kappa shape index (κ1) is 11.8. The summed E-state index contributed by atoms with van der Waals surface area (Å²) in [6, 6.07) is 0.592. The van der Waals surface area contributed by atoms with E-state index in [1.54, 1.807) is 0 Å². The van der Waals surface area contributed by atoms with Gasteiger partial charge in [0.25, 0.3) is 0 Å². The number of carbonyl (C=O) groups excluding carboxylic acids is 1. The van der Waals surface area contributed by atoms with Gasteiger partial charge >= 0.3 is 0 Å². The van der Waals surface area contributed by atoms with Gasteiger partial charge in [0, 0.05) is 19.0 Å². The zero-order valence-corrected chi connectivity index (χ0v) is 9.65. The van der Waals surface area contributed by atoms with Crippen LogP contribution in [0.25, 0.3) is 0 Å². The third-order valence-electron chi connectivity index (χ3n) is 3.61. The summed E-state index contributed by atoms with van der Waals surface area (Å²) < 4.78 is 5.74. The molecule has 1 amide bonds. The minimum atomic E-state index is -0.0729. The van der Waals surface area contributed by atoms with Gasteiger partial charge in [-0.3, -0.25) is 15.1 Å². The van der Waals surface area contributed by atoms with Gasteiger partial charge in [0.2, 0.25) is 5.91 Å². The monoisotopic (exact) mass is 227 g/mol. The topological polar surface area (TPSA) is 67.6 Å². The Morgan fingerprint density at radius 2 is 2.38 bits per heavy atom. The van der Waals surface area contributed by atoms with Gasteiger partial charge in [0.1, 0.15) is 0 Å². The second kappa shape index (κ2) is 5.61. The van der Waals surface area contributed by atoms with Gasteiger partial charge < -0.3 is 4.74 Å². The predicted octanol–water partition coefficient (Wildman–Crippen LogP) is 0.00980. The first-order valence-electron chi connectivity index (χ1n) is 6.16. The van der Waals surface area contributed by atoms with E-state index >= 15 is 0 Å². The van der Waals surface area contributed by atoms with Gasteiger partial charge in [-0.15, -0.1) is 0 Å². The Labute approximate surface area is 96.3 Å². The van der Waals surface area contributed by atoms with Crippen molar-refractivity contribution >= 4 is 5.91 Å². The van der Waals surface area contributed by atoms with Crippen molar-refractivity contribution in [1.29, 1.82) is 0 Å². The number of hydrogen-bond acceptors (Lipinski definition) is 4. The fourth-order valence-electron chi connectivity index (χ4n) is 2.80. The Morgan fingerprint density at radius 3 is 3.19 bits per heavy atom. The summed E-state index contributed by atoms with van der Waals surface area (Å²) in [6.45, 7) is 2.83. The largest absolute Gasteiger partial charge is 0.375 e. The molecule has 2 rings (SSSR count). The maximum absolute atomic E-state index is 11.0. The lowest BCUT2D eigenvalue weighted by molar-refractivity contribution is -0.121. The van der Waals surface area contributed by atoms with Gasteiger partial charge in [-0.05, 0) is 32.2 Å². The Bertz CT molecular complexity index is 247. The normalized spacial score (nSPS) is 30.1. The molecule has 1 saturated carbocycles. The molecule has 5 heteroatoms. The van der Waals surface area contributed by atoms with Crippen LogP contribution >= 0.6 is 0 Å². The molecule has 2 fully saturated rings. The van der Waals surface area contributed by atoms with Crippen molar-refractivity contribution in [3.8, 4) is 0 Å². The fourth-order valence-corrected chi connectivity index (χ4v) is 2.80. The van der Waals surface area contributed by atoms with Crippen LogP contribution in [-0.2, 0) is 9.53 Å². The third-order valence-corrected chi connectivity index (χ3v) is 3.61. The summed E-state index contributed by atoms with van der Waals surface area (Å²) >= 11 is 0. The number of nitrogens with two attached hydrogens (primary N) is 1. The van der Waals surface area contributed by atoms with Crippen molar-refractivity contribution in [3.63, 3.8) is 0 Å². The molecule has 0 bridgehead atoms. The van der Waals surface area contributed by atoms with Crippen molar-refractivity contribution < 1.29 is 9.53 Å². The van der Waals surface area contributed by atoms with Crippen LogP contribution < -0.4 is 11.3 Å². The lowest BCUT2D eigenvalue weighted by Gasteiger charge is -2.37. The van der Waals surface area contributed by atoms with E-state index in [4.69, 9.17) is 10.6 Å². The number of hydrogen-bond donors (Lipinski definition) is 2. The highest BCUT2D eigenvalue weighted by Gasteiger charge is 2.35. The molecule has 0 aromatic rings. The fraction of sp³-hybridized carbons (Fsp3) is 0.909. The van der Waals surface area contributed by atoms with Crippen LogP contribution in [0.2, 0.25) is 0 Å². The molecule has 5 nitrogen and oxygen atoms in total. The summed E-state index contributed by atoms with van der Waals surface area (Å²) in [5, 5.41) is 0. The molecule has 2 atom stereocenters. The average molecular weight is 227 g/mol. The van der Waals surface area contributed by atoms with E-state index in [1.807, 2.05) is 0 Å². The second-order valence-electron chi connectivity index (χ2n) is 4.61. The van der Waals surface area contributed by atoms with Crippen molar-refractivity contribution in [1.82, 2.24) is 10.3 Å². The third kappa shape index (κ3) is 2.72. The van der Waals surface area contributed by atoms with Crippen LogP contribution in [0.3, 0.4) is 0 Å². The molecule has 92 valence electrons. The Morgan fingerprint density at radius 1 is 1.50 bits per heavy atom. The zero-order chi connectivity index (χ0) is 11.4. The van der Waals surface area contributed by atoms with E-state index in [2.05, 4.69) is 10.3 Å². The van der Waals surface area contributed by atoms with E-state index in [1.165, 1.54) is 19.3 Å². The molecule has 2 unspecified atom stereocenters. The Kier molecular flexibility index (Phi) is 4.15. The van der Waals surface area contributed by atoms with Crippen LogP contribution in [-0.4, -0.2) is 42.6 Å². The summed E-state index contributed by atoms with van der Waals surface area (Å²) in [4.78, 5) is 13.5. The molecule has 1 aliphatic heterocycles. The molecule has 1 aliphatic carbocycles. The summed E-state index contributed by atoms with van der Waals surface area (Å²) in [7, 11) is 0. The number of hydrazine groups is 1. The van der Waals surface area contributed by atoms with Gasteiger partial charge in [-0.25, -0.2) is 5.84 Å². The Balaban J connectivity index is 1.73. The van der Waals surface area contributed by atoms with E-state index in [-0.39, 0.29) is 5.91 Å². The quantitative estimate of drug-likeness (QED) is 0.403. The van der Waals surface area contributed by atoms with Crippen molar-refractivity contribution in [2.24, 2.45) is 5.84 Å². The molecule has 0 spiro atoms. The van der Waals surface area contributed by atoms with E-state index < -0.39 is 0 Å². The number of ether oxygens (including phenoxy) is 1. The highest BCUT2D eigenvalue weighted by Crippen LogP contribution is 2.29. The highest BCUT2D eigenvalue weighted by atomic mass is 16.5. The van der Waals surface area contributed by atoms with Gasteiger partial charge in [-0.2, -0.15) is 0 Å². The Hall–Kier alpha value is -0.650. The van der Waals surface area contributed by atoms with Crippen LogP contribution in [0.5, 0.6) is 0 Å². The first-order valence-corrected chi connectivity index (χ1v) is 6.16. The molecular formula is C11H21N3O2. The minimum Gasteiger partial charge on any atom is -0.375 e. The second-order valence-corrected chi connectivity index (χ2v) is 4.61. The molecule has 1 saturated heterocycles. The molecule has 1 heterocycles. The molecule has 0 aromatic heterocycles. The van der Waals surface area contributed by atoms with Crippen molar-refractivity contribution in [2.75, 3.05) is 19.7 Å². The zero-order valence-electron chi connectivity index (χ0n) is 9.65. The first-order chi connectivity index (χ1) is 7.81. The maximum atomic E-state index is 11.0. The summed E-state index contributed by atoms with van der Waals surface area (Å²) in [6.07, 6.45) is 5.56. The summed E-state index contributed by atoms with van der Waals surface area (Å²) in [5.41, 5.74) is 2.17. The van der Waals surface area contributed by atoms with E-state index in [0.717, 1.165) is 26.1 Å². The number of rotatable bonds is 4. The summed E-state index contributed by atoms with van der Waals surface area (Å²) in [5.74, 6) is 4.97. The van der Waals surface area contributed by atoms with E-state index in [0.29, 0.717) is 18.6 Å². The number of carbonyl (C=O) groups is 1. The molecule has 0 aromatic carbocycles. The predicted molar refractivity (Wildman–Crippen MR) is 60.5 cm³/mol. The number of nitrogens with one attached hydrogen (secondary N) is 1. The van der Waals surface area contributed by atoms with Crippen LogP contribution in [0.4, 0.5) is 0 Å². The number of fused-ring (bicyclic) bond motifs is 1. The van der Waals surface area contributed by atoms with Crippen LogP contribution in [0.1, 0.15) is 32.1 Å². The molecule has 2 aliphatic rings.